The van der Waals surface area contributed by atoms with Crippen molar-refractivity contribution in [3.8, 4) is 0 Å². The predicted molar refractivity (Wildman–Crippen MR) is 71.6 cm³/mol. The fourth-order valence-corrected chi connectivity index (χ4v) is 2.19. The van der Waals surface area contributed by atoms with Crippen molar-refractivity contribution in [2.24, 2.45) is 0 Å². The number of imidazole rings is 1. The van der Waals surface area contributed by atoms with E-state index in [1.807, 2.05) is 34.9 Å². The third-order valence-electron chi connectivity index (χ3n) is 2.90. The van der Waals surface area contributed by atoms with Gasteiger partial charge in [-0.25, -0.2) is 4.98 Å². The average molecular weight is 262 g/mol. The number of nitrogens with two attached hydrogens (primary N) is 1. The number of hydrogen-bond donors (Lipinski definition) is 1. The molecule has 0 aliphatic carbocycles. The van der Waals surface area contributed by atoms with Crippen molar-refractivity contribution in [2.45, 2.75) is 13.0 Å². The molecule has 0 spiro atoms. The highest BCUT2D eigenvalue weighted by molar-refractivity contribution is 6.31. The zero-order valence-corrected chi connectivity index (χ0v) is 10.4. The molecule has 0 radical (unpaired) electrons. The van der Waals surface area contributed by atoms with Gasteiger partial charge in [0.05, 0.1) is 17.3 Å². The highest BCUT2D eigenvalue weighted by Gasteiger charge is 2.09. The van der Waals surface area contributed by atoms with Gasteiger partial charge in [0.2, 0.25) is 5.95 Å². The van der Waals surface area contributed by atoms with Gasteiger partial charge in [-0.05, 0) is 30.3 Å². The number of aryl methyl sites for hydroxylation is 2. The number of anilines is 1. The number of furan rings is 1. The van der Waals surface area contributed by atoms with E-state index in [9.17, 15) is 0 Å². The van der Waals surface area contributed by atoms with Gasteiger partial charge in [-0.2, -0.15) is 0 Å². The number of nitrogen functional groups attached to an aromatic ring is 1. The van der Waals surface area contributed by atoms with Crippen LogP contribution in [0.15, 0.2) is 41.0 Å². The summed E-state index contributed by atoms with van der Waals surface area (Å²) in [6.07, 6.45) is 2.44. The second kappa shape index (κ2) is 4.38. The average Bonchev–Trinajstić information content (AvgIpc) is 2.94. The van der Waals surface area contributed by atoms with Crippen molar-refractivity contribution in [3.63, 3.8) is 0 Å². The Hall–Kier alpha value is -1.94. The summed E-state index contributed by atoms with van der Waals surface area (Å²) >= 11 is 6.00. The molecule has 0 bridgehead atoms. The molecule has 0 aliphatic rings. The van der Waals surface area contributed by atoms with E-state index in [1.165, 1.54) is 0 Å². The minimum absolute atomic E-state index is 0.499. The van der Waals surface area contributed by atoms with E-state index in [2.05, 4.69) is 4.98 Å². The van der Waals surface area contributed by atoms with E-state index in [-0.39, 0.29) is 0 Å². The molecule has 1 aromatic carbocycles. The van der Waals surface area contributed by atoms with Crippen LogP contribution in [-0.4, -0.2) is 9.55 Å². The monoisotopic (exact) mass is 261 g/mol. The van der Waals surface area contributed by atoms with E-state index in [0.717, 1.165) is 29.8 Å². The molecule has 92 valence electrons. The maximum Gasteiger partial charge on any atom is 0.201 e. The maximum absolute atomic E-state index is 6.00. The first-order valence-electron chi connectivity index (χ1n) is 5.68. The van der Waals surface area contributed by atoms with Crippen LogP contribution in [0.3, 0.4) is 0 Å². The molecule has 2 heterocycles. The summed E-state index contributed by atoms with van der Waals surface area (Å²) < 4.78 is 7.25. The molecular weight excluding hydrogens is 250 g/mol. The highest BCUT2D eigenvalue weighted by Crippen LogP contribution is 2.22. The molecular formula is C13H12ClN3O. The van der Waals surface area contributed by atoms with Gasteiger partial charge in [0.1, 0.15) is 5.76 Å². The van der Waals surface area contributed by atoms with Crippen molar-refractivity contribution >= 4 is 28.6 Å². The van der Waals surface area contributed by atoms with E-state index < -0.39 is 0 Å². The van der Waals surface area contributed by atoms with Gasteiger partial charge >= 0.3 is 0 Å². The summed E-state index contributed by atoms with van der Waals surface area (Å²) in [5.74, 6) is 1.43. The first-order chi connectivity index (χ1) is 8.74. The summed E-state index contributed by atoms with van der Waals surface area (Å²) in [5.41, 5.74) is 7.73. The number of nitrogens with zero attached hydrogens (tertiary/aromatic N) is 2. The number of aromatic nitrogens is 2. The van der Waals surface area contributed by atoms with Gasteiger partial charge in [-0.15, -0.1) is 0 Å². The van der Waals surface area contributed by atoms with Crippen molar-refractivity contribution in [1.29, 1.82) is 0 Å². The van der Waals surface area contributed by atoms with Crippen LogP contribution < -0.4 is 5.73 Å². The molecule has 0 fully saturated rings. The minimum Gasteiger partial charge on any atom is -0.469 e. The molecule has 3 aromatic rings. The summed E-state index contributed by atoms with van der Waals surface area (Å²) in [5, 5.41) is 0.682. The van der Waals surface area contributed by atoms with Crippen LogP contribution in [0, 0.1) is 0 Å². The first kappa shape index (κ1) is 11.2. The van der Waals surface area contributed by atoms with E-state index in [1.54, 1.807) is 6.26 Å². The van der Waals surface area contributed by atoms with Gasteiger partial charge in [0, 0.05) is 18.0 Å². The Balaban J connectivity index is 1.95. The zero-order valence-electron chi connectivity index (χ0n) is 9.64. The zero-order chi connectivity index (χ0) is 12.5. The fraction of sp³-hybridized carbons (Fsp3) is 0.154. The Morgan fingerprint density at radius 3 is 3.00 bits per heavy atom. The summed E-state index contributed by atoms with van der Waals surface area (Å²) in [6.45, 7) is 0.718. The van der Waals surface area contributed by atoms with Gasteiger partial charge in [0.25, 0.3) is 0 Å². The standard InChI is InChI=1S/C13H12ClN3O/c14-9-3-4-11-12(8-9)17(13(15)16-11)6-5-10-2-1-7-18-10/h1-4,7-8H,5-6H2,(H2,15,16). The molecule has 0 amide bonds. The molecule has 0 saturated carbocycles. The lowest BCUT2D eigenvalue weighted by Crippen LogP contribution is -2.05. The molecule has 3 rings (SSSR count). The van der Waals surface area contributed by atoms with E-state index >= 15 is 0 Å². The van der Waals surface area contributed by atoms with E-state index in [0.29, 0.717) is 11.0 Å². The molecule has 0 aliphatic heterocycles. The number of hydrogen-bond acceptors (Lipinski definition) is 3. The maximum atomic E-state index is 6.00. The number of halogens is 1. The Labute approximate surface area is 109 Å². The second-order valence-corrected chi connectivity index (χ2v) is 4.52. The van der Waals surface area contributed by atoms with Crippen molar-refractivity contribution < 1.29 is 4.42 Å². The summed E-state index contributed by atoms with van der Waals surface area (Å²) in [4.78, 5) is 4.31. The molecule has 5 heteroatoms. The SMILES string of the molecule is Nc1nc2ccc(Cl)cc2n1CCc1ccco1. The third kappa shape index (κ3) is 1.95. The Bertz CT molecular complexity index is 673. The lowest BCUT2D eigenvalue weighted by atomic mass is 10.3. The Morgan fingerprint density at radius 2 is 2.22 bits per heavy atom. The molecule has 2 N–H and O–H groups in total. The largest absolute Gasteiger partial charge is 0.469 e. The fourth-order valence-electron chi connectivity index (χ4n) is 2.03. The number of rotatable bonds is 3. The third-order valence-corrected chi connectivity index (χ3v) is 3.14. The van der Waals surface area contributed by atoms with Crippen LogP contribution >= 0.6 is 11.6 Å². The van der Waals surface area contributed by atoms with Crippen LogP contribution in [0.4, 0.5) is 5.95 Å². The van der Waals surface area contributed by atoms with Gasteiger partial charge < -0.3 is 14.7 Å². The van der Waals surface area contributed by atoms with Crippen molar-refractivity contribution in [1.82, 2.24) is 9.55 Å². The Kier molecular flexibility index (Phi) is 2.72. The molecule has 4 nitrogen and oxygen atoms in total. The van der Waals surface area contributed by atoms with Gasteiger partial charge in [-0.1, -0.05) is 11.6 Å². The lowest BCUT2D eigenvalue weighted by molar-refractivity contribution is 0.494. The first-order valence-corrected chi connectivity index (χ1v) is 6.05. The summed E-state index contributed by atoms with van der Waals surface area (Å²) in [6, 6.07) is 9.39. The van der Waals surface area contributed by atoms with Gasteiger partial charge in [0.15, 0.2) is 0 Å². The van der Waals surface area contributed by atoms with Crippen LogP contribution in [0.5, 0.6) is 0 Å². The number of fused-ring (bicyclic) bond motifs is 1. The van der Waals surface area contributed by atoms with Crippen LogP contribution in [0.1, 0.15) is 5.76 Å². The van der Waals surface area contributed by atoms with Gasteiger partial charge in [-0.3, -0.25) is 0 Å². The number of benzene rings is 1. The second-order valence-electron chi connectivity index (χ2n) is 4.08. The van der Waals surface area contributed by atoms with Crippen LogP contribution in [0.25, 0.3) is 11.0 Å². The van der Waals surface area contributed by atoms with Crippen LogP contribution in [-0.2, 0) is 13.0 Å². The lowest BCUT2D eigenvalue weighted by Gasteiger charge is -2.05. The molecule has 0 saturated heterocycles. The topological polar surface area (TPSA) is 57.0 Å². The van der Waals surface area contributed by atoms with Crippen LogP contribution in [0.2, 0.25) is 5.02 Å². The van der Waals surface area contributed by atoms with E-state index in [4.69, 9.17) is 21.8 Å². The van der Waals surface area contributed by atoms with Crippen molar-refractivity contribution in [3.05, 3.63) is 47.4 Å². The molecule has 2 aromatic heterocycles. The quantitative estimate of drug-likeness (QED) is 0.788. The Morgan fingerprint density at radius 1 is 1.33 bits per heavy atom. The molecule has 0 atom stereocenters. The molecule has 18 heavy (non-hydrogen) atoms. The predicted octanol–water partition coefficient (Wildman–Crippen LogP) is 3.11. The normalized spacial score (nSPS) is 11.2. The smallest absolute Gasteiger partial charge is 0.201 e. The van der Waals surface area contributed by atoms with Crippen molar-refractivity contribution in [2.75, 3.05) is 5.73 Å². The minimum atomic E-state index is 0.499. The molecule has 0 unspecified atom stereocenters. The highest BCUT2D eigenvalue weighted by atomic mass is 35.5. The summed E-state index contributed by atoms with van der Waals surface area (Å²) in [7, 11) is 0.